The Kier molecular flexibility index (Phi) is 4.14. The van der Waals surface area contributed by atoms with Crippen LogP contribution in [0.4, 0.5) is 0 Å². The third kappa shape index (κ3) is 2.57. The monoisotopic (exact) mass is 305 g/mol. The molecule has 2 unspecified atom stereocenters. The molecule has 8 nitrogen and oxygen atoms in total. The van der Waals surface area contributed by atoms with Gasteiger partial charge in [-0.1, -0.05) is 0 Å². The van der Waals surface area contributed by atoms with Gasteiger partial charge in [0.2, 0.25) is 10.9 Å². The third-order valence-electron chi connectivity index (χ3n) is 3.17. The Labute approximate surface area is 115 Å². The van der Waals surface area contributed by atoms with E-state index in [1.165, 1.54) is 14.2 Å². The van der Waals surface area contributed by atoms with Gasteiger partial charge >= 0.3 is 5.97 Å². The minimum absolute atomic E-state index is 0.125. The maximum Gasteiger partial charge on any atom is 0.371 e. The number of carboxylic acid groups (broad SMARTS) is 1. The second-order valence-electron chi connectivity index (χ2n) is 4.29. The van der Waals surface area contributed by atoms with E-state index >= 15 is 0 Å². The molecule has 1 aliphatic rings. The molecule has 1 fully saturated rings. The summed E-state index contributed by atoms with van der Waals surface area (Å²) >= 11 is 0. The molecule has 0 aromatic carbocycles. The number of nitrogens with zero attached hydrogens (tertiary/aromatic N) is 1. The molecule has 1 aromatic rings. The van der Waals surface area contributed by atoms with Crippen LogP contribution in [0, 0.1) is 0 Å². The van der Waals surface area contributed by atoms with Crippen molar-refractivity contribution in [2.75, 3.05) is 27.3 Å². The second-order valence-corrected chi connectivity index (χ2v) is 6.16. The summed E-state index contributed by atoms with van der Waals surface area (Å²) in [5.74, 6) is -1.74. The van der Waals surface area contributed by atoms with Gasteiger partial charge in [0.1, 0.15) is 0 Å². The van der Waals surface area contributed by atoms with Gasteiger partial charge in [-0.2, -0.15) is 4.31 Å². The van der Waals surface area contributed by atoms with Crippen molar-refractivity contribution in [2.45, 2.75) is 17.3 Å². The van der Waals surface area contributed by atoms with Crippen molar-refractivity contribution >= 4 is 16.0 Å². The zero-order valence-corrected chi connectivity index (χ0v) is 11.8. The van der Waals surface area contributed by atoms with Crippen molar-refractivity contribution in [3.8, 4) is 0 Å². The summed E-state index contributed by atoms with van der Waals surface area (Å²) in [7, 11) is -0.945. The molecule has 0 bridgehead atoms. The lowest BCUT2D eigenvalue weighted by Gasteiger charge is -2.13. The average Bonchev–Trinajstić information content (AvgIpc) is 3.05. The third-order valence-corrected chi connectivity index (χ3v) is 4.88. The Morgan fingerprint density at radius 1 is 1.30 bits per heavy atom. The van der Waals surface area contributed by atoms with Crippen molar-refractivity contribution in [1.29, 1.82) is 0 Å². The van der Waals surface area contributed by atoms with E-state index in [2.05, 4.69) is 0 Å². The molecule has 1 aromatic heterocycles. The van der Waals surface area contributed by atoms with Crippen LogP contribution >= 0.6 is 0 Å². The molecular formula is C11H15NO7S. The summed E-state index contributed by atoms with van der Waals surface area (Å²) in [5.41, 5.74) is 0. The predicted octanol–water partition coefficient (Wildman–Crippen LogP) is 0.0121. The lowest BCUT2D eigenvalue weighted by Crippen LogP contribution is -2.30. The fourth-order valence-electron chi connectivity index (χ4n) is 2.06. The summed E-state index contributed by atoms with van der Waals surface area (Å²) in [5, 5.41) is 8.35. The van der Waals surface area contributed by atoms with E-state index < -0.39 is 26.8 Å². The number of sulfonamides is 1. The maximum atomic E-state index is 12.3. The number of aromatic carboxylic acids is 1. The summed E-state index contributed by atoms with van der Waals surface area (Å²) in [4.78, 5) is 10.7. The highest BCUT2D eigenvalue weighted by Crippen LogP contribution is 2.25. The highest BCUT2D eigenvalue weighted by Gasteiger charge is 2.41. The van der Waals surface area contributed by atoms with Gasteiger partial charge in [0.05, 0.1) is 12.2 Å². The molecule has 0 amide bonds. The Morgan fingerprint density at radius 2 is 1.85 bits per heavy atom. The molecular weight excluding hydrogens is 290 g/mol. The van der Waals surface area contributed by atoms with E-state index in [1.807, 2.05) is 0 Å². The number of methoxy groups -OCH3 is 2. The first-order valence-electron chi connectivity index (χ1n) is 5.79. The van der Waals surface area contributed by atoms with Gasteiger partial charge < -0.3 is 19.0 Å². The standard InChI is InChI=1S/C11H15NO7S/c1-17-8-5-12(6-9(8)18-2)20(15,16)10-4-3-7(19-10)11(13)14/h3-4,8-9H,5-6H2,1-2H3,(H,13,14). The number of ether oxygens (including phenoxy) is 2. The van der Waals surface area contributed by atoms with E-state index in [0.29, 0.717) is 0 Å². The Hall–Kier alpha value is -1.42. The van der Waals surface area contributed by atoms with Gasteiger partial charge in [-0.3, -0.25) is 0 Å². The topological polar surface area (TPSA) is 106 Å². The van der Waals surface area contributed by atoms with Crippen LogP contribution < -0.4 is 0 Å². The fourth-order valence-corrected chi connectivity index (χ4v) is 3.44. The van der Waals surface area contributed by atoms with Gasteiger partial charge in [0, 0.05) is 27.3 Å². The van der Waals surface area contributed by atoms with Crippen LogP contribution in [0.25, 0.3) is 0 Å². The first-order chi connectivity index (χ1) is 9.40. The van der Waals surface area contributed by atoms with Gasteiger partial charge in [0.25, 0.3) is 10.0 Å². The summed E-state index contributed by atoms with van der Waals surface area (Å²) < 4.78 is 41.0. The molecule has 0 spiro atoms. The number of rotatable bonds is 5. The molecule has 112 valence electrons. The molecule has 0 radical (unpaired) electrons. The van der Waals surface area contributed by atoms with Crippen molar-refractivity contribution in [3.63, 3.8) is 0 Å². The molecule has 2 atom stereocenters. The van der Waals surface area contributed by atoms with Crippen molar-refractivity contribution in [2.24, 2.45) is 0 Å². The number of hydrogen-bond donors (Lipinski definition) is 1. The lowest BCUT2D eigenvalue weighted by molar-refractivity contribution is -0.00461. The summed E-state index contributed by atoms with van der Waals surface area (Å²) in [6.45, 7) is 0.251. The minimum atomic E-state index is -3.89. The maximum absolute atomic E-state index is 12.3. The Balaban J connectivity index is 2.24. The number of carbonyl (C=O) groups is 1. The van der Waals surface area contributed by atoms with Gasteiger partial charge in [0.15, 0.2) is 0 Å². The highest BCUT2D eigenvalue weighted by molar-refractivity contribution is 7.89. The molecule has 2 rings (SSSR count). The zero-order chi connectivity index (χ0) is 14.9. The zero-order valence-electron chi connectivity index (χ0n) is 11.0. The van der Waals surface area contributed by atoms with Crippen LogP contribution in [-0.2, 0) is 19.5 Å². The SMILES string of the molecule is COC1CN(S(=O)(=O)c2ccc(C(=O)O)o2)CC1OC. The normalized spacial score (nSPS) is 24.1. The molecule has 2 heterocycles. The van der Waals surface area contributed by atoms with Crippen molar-refractivity contribution in [1.82, 2.24) is 4.31 Å². The molecule has 9 heteroatoms. The van der Waals surface area contributed by atoms with Gasteiger partial charge in [-0.25, -0.2) is 13.2 Å². The van der Waals surface area contributed by atoms with Crippen LogP contribution in [0.15, 0.2) is 21.6 Å². The van der Waals surface area contributed by atoms with E-state index in [1.54, 1.807) is 0 Å². The van der Waals surface area contributed by atoms with Crippen LogP contribution in [0.1, 0.15) is 10.6 Å². The fraction of sp³-hybridized carbons (Fsp3) is 0.545. The molecule has 1 saturated heterocycles. The number of carboxylic acids is 1. The first kappa shape index (κ1) is 15.0. The van der Waals surface area contributed by atoms with E-state index in [0.717, 1.165) is 16.4 Å². The van der Waals surface area contributed by atoms with E-state index in [4.69, 9.17) is 19.0 Å². The lowest BCUT2D eigenvalue weighted by atomic mass is 10.3. The second kappa shape index (κ2) is 5.52. The average molecular weight is 305 g/mol. The summed E-state index contributed by atoms with van der Waals surface area (Å²) in [6.07, 6.45) is -0.743. The molecule has 1 aliphatic heterocycles. The molecule has 0 aliphatic carbocycles. The van der Waals surface area contributed by atoms with Crippen LogP contribution in [0.3, 0.4) is 0 Å². The van der Waals surface area contributed by atoms with Crippen LogP contribution in [-0.4, -0.2) is 63.3 Å². The van der Waals surface area contributed by atoms with Crippen LogP contribution in [0.2, 0.25) is 0 Å². The quantitative estimate of drug-likeness (QED) is 0.816. The highest BCUT2D eigenvalue weighted by atomic mass is 32.2. The van der Waals surface area contributed by atoms with E-state index in [-0.39, 0.29) is 25.3 Å². The number of hydrogen-bond acceptors (Lipinski definition) is 6. The predicted molar refractivity (Wildman–Crippen MR) is 66.0 cm³/mol. The first-order valence-corrected chi connectivity index (χ1v) is 7.23. The van der Waals surface area contributed by atoms with Crippen LogP contribution in [0.5, 0.6) is 0 Å². The molecule has 0 saturated carbocycles. The molecule has 1 N–H and O–H groups in total. The Bertz CT molecular complexity index is 582. The largest absolute Gasteiger partial charge is 0.475 e. The summed E-state index contributed by atoms with van der Waals surface area (Å²) in [6, 6.07) is 2.23. The van der Waals surface area contributed by atoms with Gasteiger partial charge in [-0.05, 0) is 12.1 Å². The minimum Gasteiger partial charge on any atom is -0.475 e. The van der Waals surface area contributed by atoms with Crippen molar-refractivity contribution < 1.29 is 32.2 Å². The smallest absolute Gasteiger partial charge is 0.371 e. The van der Waals surface area contributed by atoms with E-state index in [9.17, 15) is 13.2 Å². The molecule has 20 heavy (non-hydrogen) atoms. The Morgan fingerprint density at radius 3 is 2.25 bits per heavy atom. The van der Waals surface area contributed by atoms with Gasteiger partial charge in [-0.15, -0.1) is 0 Å². The van der Waals surface area contributed by atoms with Crippen molar-refractivity contribution in [3.05, 3.63) is 17.9 Å². The number of furan rings is 1.